The van der Waals surface area contributed by atoms with Gasteiger partial charge in [0.05, 0.1) is 19.3 Å². The summed E-state index contributed by atoms with van der Waals surface area (Å²) in [6.45, 7) is 5.90. The Labute approximate surface area is 148 Å². The van der Waals surface area contributed by atoms with Crippen LogP contribution >= 0.6 is 0 Å². The summed E-state index contributed by atoms with van der Waals surface area (Å²) in [7, 11) is 0. The van der Waals surface area contributed by atoms with Gasteiger partial charge < -0.3 is 20.1 Å². The van der Waals surface area contributed by atoms with Crippen molar-refractivity contribution in [2.24, 2.45) is 0 Å². The number of hydrogen-bond acceptors (Lipinski definition) is 4. The fourth-order valence-corrected chi connectivity index (χ4v) is 3.21. The van der Waals surface area contributed by atoms with Crippen LogP contribution in [0.15, 0.2) is 42.5 Å². The topological polar surface area (TPSA) is 61.8 Å². The van der Waals surface area contributed by atoms with Crippen LogP contribution in [0.1, 0.15) is 21.5 Å². The van der Waals surface area contributed by atoms with Crippen molar-refractivity contribution in [2.75, 3.05) is 36.5 Å². The zero-order chi connectivity index (χ0) is 17.8. The van der Waals surface area contributed by atoms with Crippen molar-refractivity contribution in [3.63, 3.8) is 0 Å². The maximum absolute atomic E-state index is 12.7. The lowest BCUT2D eigenvalue weighted by atomic mass is 10.0. The molecular formula is C20H24N2O3. The molecule has 1 saturated heterocycles. The molecule has 1 atom stereocenters. The molecule has 5 heteroatoms. The SMILES string of the molecule is Cc1cccc(C)c1C(=O)Nc1cccc(N2CCOC(CO)C2)c1. The van der Waals surface area contributed by atoms with Crippen molar-refractivity contribution >= 4 is 17.3 Å². The fourth-order valence-electron chi connectivity index (χ4n) is 3.21. The molecule has 0 aliphatic carbocycles. The second-order valence-corrected chi connectivity index (χ2v) is 6.39. The van der Waals surface area contributed by atoms with E-state index in [2.05, 4.69) is 10.2 Å². The number of nitrogens with one attached hydrogen (secondary N) is 1. The molecule has 5 nitrogen and oxygen atoms in total. The molecule has 0 spiro atoms. The average molecular weight is 340 g/mol. The highest BCUT2D eigenvalue weighted by Gasteiger charge is 2.20. The first-order valence-electron chi connectivity index (χ1n) is 8.53. The summed E-state index contributed by atoms with van der Waals surface area (Å²) in [5.41, 5.74) is 4.43. The summed E-state index contributed by atoms with van der Waals surface area (Å²) < 4.78 is 5.50. The number of aliphatic hydroxyl groups excluding tert-OH is 1. The van der Waals surface area contributed by atoms with Gasteiger partial charge in [0.25, 0.3) is 5.91 Å². The molecule has 0 bridgehead atoms. The van der Waals surface area contributed by atoms with Gasteiger partial charge in [-0.2, -0.15) is 0 Å². The Hall–Kier alpha value is -2.37. The molecule has 3 rings (SSSR count). The third-order valence-corrected chi connectivity index (χ3v) is 4.52. The van der Waals surface area contributed by atoms with Crippen LogP contribution in [0, 0.1) is 13.8 Å². The van der Waals surface area contributed by atoms with Gasteiger partial charge in [-0.1, -0.05) is 24.3 Å². The highest BCUT2D eigenvalue weighted by atomic mass is 16.5. The predicted octanol–water partition coefficient (Wildman–Crippen LogP) is 2.75. The number of benzene rings is 2. The van der Waals surface area contributed by atoms with Crippen LogP contribution in [0.25, 0.3) is 0 Å². The lowest BCUT2D eigenvalue weighted by molar-refractivity contribution is 0.00357. The zero-order valence-electron chi connectivity index (χ0n) is 14.7. The Morgan fingerprint density at radius 1 is 1.24 bits per heavy atom. The largest absolute Gasteiger partial charge is 0.394 e. The normalized spacial score (nSPS) is 17.4. The molecule has 0 aromatic heterocycles. The summed E-state index contributed by atoms with van der Waals surface area (Å²) >= 11 is 0. The molecule has 1 amide bonds. The van der Waals surface area contributed by atoms with Crippen molar-refractivity contribution in [1.82, 2.24) is 0 Å². The van der Waals surface area contributed by atoms with Gasteiger partial charge >= 0.3 is 0 Å². The maximum atomic E-state index is 12.7. The number of amides is 1. The third kappa shape index (κ3) is 4.00. The minimum absolute atomic E-state index is 0.0134. The van der Waals surface area contributed by atoms with E-state index in [9.17, 15) is 9.90 Å². The Bertz CT molecular complexity index is 740. The molecule has 25 heavy (non-hydrogen) atoms. The van der Waals surface area contributed by atoms with Crippen LogP contribution < -0.4 is 10.2 Å². The second-order valence-electron chi connectivity index (χ2n) is 6.39. The quantitative estimate of drug-likeness (QED) is 0.898. The summed E-state index contributed by atoms with van der Waals surface area (Å²) in [6.07, 6.45) is -0.165. The van der Waals surface area contributed by atoms with Crippen molar-refractivity contribution in [3.05, 3.63) is 59.2 Å². The van der Waals surface area contributed by atoms with Crippen LogP contribution in [0.3, 0.4) is 0 Å². The van der Waals surface area contributed by atoms with Crippen molar-refractivity contribution in [3.8, 4) is 0 Å². The number of hydrogen-bond donors (Lipinski definition) is 2. The molecule has 1 unspecified atom stereocenters. The number of ether oxygens (including phenoxy) is 1. The van der Waals surface area contributed by atoms with E-state index in [0.717, 1.165) is 34.6 Å². The van der Waals surface area contributed by atoms with Gasteiger partial charge in [-0.25, -0.2) is 0 Å². The highest BCUT2D eigenvalue weighted by Crippen LogP contribution is 2.23. The van der Waals surface area contributed by atoms with E-state index in [1.807, 2.05) is 56.3 Å². The summed E-state index contributed by atoms with van der Waals surface area (Å²) in [4.78, 5) is 14.8. The maximum Gasteiger partial charge on any atom is 0.256 e. The number of rotatable bonds is 4. The van der Waals surface area contributed by atoms with Gasteiger partial charge in [0, 0.05) is 30.0 Å². The van der Waals surface area contributed by atoms with Gasteiger partial charge in [0.15, 0.2) is 0 Å². The second kappa shape index (κ2) is 7.68. The van der Waals surface area contributed by atoms with E-state index in [-0.39, 0.29) is 18.6 Å². The minimum Gasteiger partial charge on any atom is -0.394 e. The third-order valence-electron chi connectivity index (χ3n) is 4.52. The van der Waals surface area contributed by atoms with Gasteiger partial charge in [0.1, 0.15) is 0 Å². The summed E-state index contributed by atoms with van der Waals surface area (Å²) in [5.74, 6) is -0.0945. The lowest BCUT2D eigenvalue weighted by Crippen LogP contribution is -2.44. The number of aliphatic hydroxyl groups is 1. The number of nitrogens with zero attached hydrogens (tertiary/aromatic N) is 1. The van der Waals surface area contributed by atoms with Gasteiger partial charge in [-0.15, -0.1) is 0 Å². The molecule has 0 radical (unpaired) electrons. The average Bonchev–Trinajstić information content (AvgIpc) is 2.62. The molecule has 1 heterocycles. The Morgan fingerprint density at radius 3 is 2.68 bits per heavy atom. The molecule has 1 aliphatic heterocycles. The van der Waals surface area contributed by atoms with E-state index in [0.29, 0.717) is 13.2 Å². The van der Waals surface area contributed by atoms with Gasteiger partial charge in [0.2, 0.25) is 0 Å². The number of carbonyl (C=O) groups excluding carboxylic acids is 1. The fraction of sp³-hybridized carbons (Fsp3) is 0.350. The molecule has 132 valence electrons. The van der Waals surface area contributed by atoms with Crippen molar-refractivity contribution in [1.29, 1.82) is 0 Å². The monoisotopic (exact) mass is 340 g/mol. The molecule has 0 saturated carbocycles. The zero-order valence-corrected chi connectivity index (χ0v) is 14.7. The van der Waals surface area contributed by atoms with Crippen molar-refractivity contribution < 1.29 is 14.6 Å². The van der Waals surface area contributed by atoms with Gasteiger partial charge in [-0.05, 0) is 43.2 Å². The van der Waals surface area contributed by atoms with Crippen LogP contribution in [0.5, 0.6) is 0 Å². The van der Waals surface area contributed by atoms with E-state index in [4.69, 9.17) is 4.74 Å². The molecule has 2 aromatic carbocycles. The molecule has 1 fully saturated rings. The van der Waals surface area contributed by atoms with E-state index in [1.165, 1.54) is 0 Å². The molecular weight excluding hydrogens is 316 g/mol. The molecule has 1 aliphatic rings. The van der Waals surface area contributed by atoms with Crippen LogP contribution in [-0.2, 0) is 4.74 Å². The number of carbonyl (C=O) groups is 1. The van der Waals surface area contributed by atoms with Crippen LogP contribution in [0.2, 0.25) is 0 Å². The Kier molecular flexibility index (Phi) is 5.36. The number of anilines is 2. The van der Waals surface area contributed by atoms with Crippen LogP contribution in [-0.4, -0.2) is 43.4 Å². The Morgan fingerprint density at radius 2 is 1.96 bits per heavy atom. The molecule has 2 N–H and O–H groups in total. The van der Waals surface area contributed by atoms with Gasteiger partial charge in [-0.3, -0.25) is 4.79 Å². The van der Waals surface area contributed by atoms with E-state index >= 15 is 0 Å². The minimum atomic E-state index is -0.165. The first-order valence-corrected chi connectivity index (χ1v) is 8.53. The van der Waals surface area contributed by atoms with E-state index in [1.54, 1.807) is 0 Å². The lowest BCUT2D eigenvalue weighted by Gasteiger charge is -2.33. The van der Waals surface area contributed by atoms with Crippen molar-refractivity contribution in [2.45, 2.75) is 20.0 Å². The molecule has 2 aromatic rings. The summed E-state index contributed by atoms with van der Waals surface area (Å²) in [6, 6.07) is 13.6. The van der Waals surface area contributed by atoms with E-state index < -0.39 is 0 Å². The number of aryl methyl sites for hydroxylation is 2. The standard InChI is InChI=1S/C20H24N2O3/c1-14-5-3-6-15(2)19(14)20(24)21-16-7-4-8-17(11-16)22-9-10-25-18(12-22)13-23/h3-8,11,18,23H,9-10,12-13H2,1-2H3,(H,21,24). The number of morpholine rings is 1. The first kappa shape index (κ1) is 17.5. The highest BCUT2D eigenvalue weighted by molar-refractivity contribution is 6.06. The smallest absolute Gasteiger partial charge is 0.256 e. The Balaban J connectivity index is 1.77. The predicted molar refractivity (Wildman–Crippen MR) is 99.4 cm³/mol. The summed E-state index contributed by atoms with van der Waals surface area (Å²) in [5, 5.41) is 12.3. The first-order chi connectivity index (χ1) is 12.1. The van der Waals surface area contributed by atoms with Crippen LogP contribution in [0.4, 0.5) is 11.4 Å².